The molecule has 0 saturated heterocycles. The second-order valence-electron chi connectivity index (χ2n) is 8.27. The average Bonchev–Trinajstić information content (AvgIpc) is 3.20. The van der Waals surface area contributed by atoms with E-state index in [1.807, 2.05) is 35.3 Å². The van der Waals surface area contributed by atoms with Gasteiger partial charge in [0, 0.05) is 17.7 Å². The molecular weight excluding hydrogens is 516 g/mol. The third kappa shape index (κ3) is 5.16. The van der Waals surface area contributed by atoms with Gasteiger partial charge in [-0.25, -0.2) is 22.9 Å². The van der Waals surface area contributed by atoms with Crippen LogP contribution in [-0.2, 0) is 21.2 Å². The van der Waals surface area contributed by atoms with E-state index in [1.165, 1.54) is 6.07 Å². The van der Waals surface area contributed by atoms with Gasteiger partial charge in [0.15, 0.2) is 0 Å². The number of nitrogens with one attached hydrogen (secondary N) is 1. The lowest BCUT2D eigenvalue weighted by atomic mass is 10.0. The molecule has 0 fully saturated rings. The van der Waals surface area contributed by atoms with E-state index < -0.39 is 22.0 Å². The molecule has 1 heterocycles. The van der Waals surface area contributed by atoms with E-state index in [4.69, 9.17) is 22.1 Å². The molecule has 0 atom stereocenters. The number of imidazole rings is 1. The molecule has 3 aromatic carbocycles. The van der Waals surface area contributed by atoms with Gasteiger partial charge in [-0.3, -0.25) is 9.36 Å². The zero-order valence-electron chi connectivity index (χ0n) is 20.4. The van der Waals surface area contributed by atoms with Crippen molar-refractivity contribution in [2.75, 3.05) is 6.61 Å². The highest BCUT2D eigenvalue weighted by molar-refractivity contribution is 7.90. The lowest BCUT2D eigenvalue weighted by molar-refractivity contribution is 0.100. The number of fused-ring (bicyclic) bond motifs is 1. The summed E-state index contributed by atoms with van der Waals surface area (Å²) in [6.45, 7) is 5.44. The van der Waals surface area contributed by atoms with Gasteiger partial charge in [-0.2, -0.15) is 0 Å². The molecule has 9 nitrogen and oxygen atoms in total. The Morgan fingerprint density at radius 1 is 1.08 bits per heavy atom. The van der Waals surface area contributed by atoms with Gasteiger partial charge in [-0.15, -0.1) is 0 Å². The fraction of sp³-hybridized carbons (Fsp3) is 0.192. The standard InChI is InChI=1S/C26H25ClN4O5S/c1-4-24-29-21-13-19(25(28)32)20(27)14-22(21)31(24)17-9-7-16(8-10-17)18-12-15(3)6-11-23(18)37(34,35)30-26(33)36-5-2/h6-14H,4-5H2,1-3H3,(H2,28,32)(H,30,33). The Hall–Kier alpha value is -3.89. The van der Waals surface area contributed by atoms with Gasteiger partial charge in [0.1, 0.15) is 5.82 Å². The van der Waals surface area contributed by atoms with E-state index in [1.54, 1.807) is 43.3 Å². The largest absolute Gasteiger partial charge is 0.449 e. The van der Waals surface area contributed by atoms with Gasteiger partial charge < -0.3 is 10.5 Å². The van der Waals surface area contributed by atoms with Gasteiger partial charge in [0.25, 0.3) is 10.0 Å². The summed E-state index contributed by atoms with van der Waals surface area (Å²) in [4.78, 5) is 28.1. The highest BCUT2D eigenvalue weighted by atomic mass is 35.5. The summed E-state index contributed by atoms with van der Waals surface area (Å²) in [5.41, 5.74) is 9.60. The molecule has 11 heteroatoms. The summed E-state index contributed by atoms with van der Waals surface area (Å²) in [5.74, 6) is 0.114. The maximum atomic E-state index is 12.9. The minimum atomic E-state index is -4.18. The molecule has 0 aliphatic carbocycles. The minimum Gasteiger partial charge on any atom is -0.449 e. The number of nitrogens with zero attached hydrogens (tertiary/aromatic N) is 2. The Morgan fingerprint density at radius 2 is 1.78 bits per heavy atom. The number of benzene rings is 3. The summed E-state index contributed by atoms with van der Waals surface area (Å²) in [7, 11) is -4.18. The van der Waals surface area contributed by atoms with Crippen LogP contribution in [0.3, 0.4) is 0 Å². The number of rotatable bonds is 7. The van der Waals surface area contributed by atoms with Gasteiger partial charge in [0.2, 0.25) is 5.91 Å². The first-order valence-corrected chi connectivity index (χ1v) is 13.3. The SMILES string of the molecule is CCOC(=O)NS(=O)(=O)c1ccc(C)cc1-c1ccc(-n2c(CC)nc3cc(C(N)=O)c(Cl)cc32)cc1. The zero-order valence-corrected chi connectivity index (χ0v) is 22.0. The molecule has 3 N–H and O–H groups in total. The minimum absolute atomic E-state index is 0.0430. The van der Waals surface area contributed by atoms with E-state index >= 15 is 0 Å². The zero-order chi connectivity index (χ0) is 26.9. The summed E-state index contributed by atoms with van der Waals surface area (Å²) < 4.78 is 34.5. The molecule has 0 unspecified atom stereocenters. The maximum absolute atomic E-state index is 12.9. The molecule has 4 aromatic rings. The van der Waals surface area contributed by atoms with Crippen LogP contribution in [0.15, 0.2) is 59.5 Å². The monoisotopic (exact) mass is 540 g/mol. The number of halogens is 1. The van der Waals surface area contributed by atoms with E-state index in [-0.39, 0.29) is 22.1 Å². The van der Waals surface area contributed by atoms with Crippen LogP contribution in [0, 0.1) is 6.92 Å². The van der Waals surface area contributed by atoms with Crippen LogP contribution in [0.25, 0.3) is 27.8 Å². The van der Waals surface area contributed by atoms with E-state index in [9.17, 15) is 18.0 Å². The van der Waals surface area contributed by atoms with Crippen LogP contribution in [-0.4, -0.2) is 36.6 Å². The number of aromatic nitrogens is 2. The fourth-order valence-corrected chi connectivity index (χ4v) is 5.43. The maximum Gasteiger partial charge on any atom is 0.421 e. The molecule has 1 aromatic heterocycles. The molecule has 4 rings (SSSR count). The number of primary amides is 1. The smallest absolute Gasteiger partial charge is 0.421 e. The van der Waals surface area contributed by atoms with E-state index in [2.05, 4.69) is 4.98 Å². The molecule has 0 aliphatic rings. The van der Waals surface area contributed by atoms with Crippen molar-refractivity contribution in [2.45, 2.75) is 32.1 Å². The number of aryl methyl sites for hydroxylation is 2. The molecular formula is C26H25ClN4O5S. The van der Waals surface area contributed by atoms with Gasteiger partial charge >= 0.3 is 6.09 Å². The molecule has 0 aliphatic heterocycles. The van der Waals surface area contributed by atoms with Crippen LogP contribution in [0.2, 0.25) is 5.02 Å². The van der Waals surface area contributed by atoms with Gasteiger partial charge in [-0.1, -0.05) is 48.4 Å². The number of ether oxygens (including phenoxy) is 1. The van der Waals surface area contributed by atoms with Crippen molar-refractivity contribution in [1.82, 2.24) is 14.3 Å². The first-order valence-electron chi connectivity index (χ1n) is 11.5. The predicted octanol–water partition coefficient (Wildman–Crippen LogP) is 4.75. The van der Waals surface area contributed by atoms with Crippen molar-refractivity contribution in [2.24, 2.45) is 5.73 Å². The normalized spacial score (nSPS) is 11.5. The fourth-order valence-electron chi connectivity index (χ4n) is 4.08. The number of carbonyl (C=O) groups excluding carboxylic acids is 2. The highest BCUT2D eigenvalue weighted by Crippen LogP contribution is 2.32. The molecule has 192 valence electrons. The predicted molar refractivity (Wildman–Crippen MR) is 141 cm³/mol. The van der Waals surface area contributed by atoms with Crippen LogP contribution in [0.4, 0.5) is 4.79 Å². The molecule has 2 amide bonds. The molecule has 37 heavy (non-hydrogen) atoms. The number of sulfonamides is 1. The second kappa shape index (κ2) is 10.2. The van der Waals surface area contributed by atoms with Crippen LogP contribution < -0.4 is 10.5 Å². The third-order valence-electron chi connectivity index (χ3n) is 5.75. The van der Waals surface area contributed by atoms with Crippen LogP contribution in [0.5, 0.6) is 0 Å². The van der Waals surface area contributed by atoms with Crippen molar-refractivity contribution < 1.29 is 22.7 Å². The van der Waals surface area contributed by atoms with E-state index in [0.717, 1.165) is 17.1 Å². The number of carbonyl (C=O) groups is 2. The Kier molecular flexibility index (Phi) is 7.24. The van der Waals surface area contributed by atoms with Crippen LogP contribution >= 0.6 is 11.6 Å². The van der Waals surface area contributed by atoms with Crippen molar-refractivity contribution in [3.05, 3.63) is 76.6 Å². The first kappa shape index (κ1) is 26.2. The van der Waals surface area contributed by atoms with Crippen molar-refractivity contribution in [1.29, 1.82) is 0 Å². The van der Waals surface area contributed by atoms with Crippen molar-refractivity contribution in [3.63, 3.8) is 0 Å². The molecule has 0 spiro atoms. The van der Waals surface area contributed by atoms with Crippen molar-refractivity contribution >= 4 is 44.7 Å². The quantitative estimate of drug-likeness (QED) is 0.347. The third-order valence-corrected chi connectivity index (χ3v) is 7.43. The molecule has 0 bridgehead atoms. The Morgan fingerprint density at radius 3 is 2.41 bits per heavy atom. The lowest BCUT2D eigenvalue weighted by Crippen LogP contribution is -2.31. The van der Waals surface area contributed by atoms with E-state index in [0.29, 0.717) is 28.6 Å². The van der Waals surface area contributed by atoms with Gasteiger partial charge in [-0.05, 0) is 49.7 Å². The number of nitrogens with two attached hydrogens (primary N) is 1. The summed E-state index contributed by atoms with van der Waals surface area (Å²) >= 11 is 6.31. The van der Waals surface area contributed by atoms with Crippen molar-refractivity contribution in [3.8, 4) is 16.8 Å². The summed E-state index contributed by atoms with van der Waals surface area (Å²) in [6, 6.07) is 15.3. The number of hydrogen-bond donors (Lipinski definition) is 2. The second-order valence-corrected chi connectivity index (χ2v) is 10.3. The molecule has 0 radical (unpaired) electrons. The Bertz CT molecular complexity index is 1630. The highest BCUT2D eigenvalue weighted by Gasteiger charge is 2.23. The first-order chi connectivity index (χ1) is 17.6. The summed E-state index contributed by atoms with van der Waals surface area (Å²) in [5, 5.41) is 0.226. The Labute approximate surface area is 219 Å². The number of hydrogen-bond acceptors (Lipinski definition) is 6. The van der Waals surface area contributed by atoms with Gasteiger partial charge in [0.05, 0.1) is 33.1 Å². The molecule has 0 saturated carbocycles. The lowest BCUT2D eigenvalue weighted by Gasteiger charge is -2.14. The van der Waals surface area contributed by atoms with Crippen LogP contribution in [0.1, 0.15) is 35.6 Å². The Balaban J connectivity index is 1.80. The average molecular weight is 541 g/mol. The number of amides is 2. The summed E-state index contributed by atoms with van der Waals surface area (Å²) in [6.07, 6.45) is -0.429. The topological polar surface area (TPSA) is 133 Å².